The van der Waals surface area contributed by atoms with Crippen molar-refractivity contribution in [3.05, 3.63) is 59.4 Å². The number of hydrogen-bond acceptors (Lipinski definition) is 2. The van der Waals surface area contributed by atoms with Gasteiger partial charge in [0.05, 0.1) is 0 Å². The molecule has 108 valence electrons. The van der Waals surface area contributed by atoms with Gasteiger partial charge in [-0.1, -0.05) is 24.3 Å². The summed E-state index contributed by atoms with van der Waals surface area (Å²) in [6, 6.07) is 11.6. The van der Waals surface area contributed by atoms with E-state index in [0.29, 0.717) is 6.54 Å². The van der Waals surface area contributed by atoms with E-state index in [-0.39, 0.29) is 11.3 Å². The third-order valence-corrected chi connectivity index (χ3v) is 3.81. The number of amides is 1. The second-order valence-electron chi connectivity index (χ2n) is 5.18. The molecule has 0 unspecified atom stereocenters. The molecule has 1 amide bonds. The van der Waals surface area contributed by atoms with Crippen molar-refractivity contribution in [1.82, 2.24) is 0 Å². The number of para-hydroxylation sites is 1. The van der Waals surface area contributed by atoms with E-state index in [1.807, 2.05) is 24.3 Å². The van der Waals surface area contributed by atoms with E-state index in [1.165, 1.54) is 18.2 Å². The van der Waals surface area contributed by atoms with Gasteiger partial charge in [-0.15, -0.1) is 0 Å². The lowest BCUT2D eigenvalue weighted by Crippen LogP contribution is -2.32. The van der Waals surface area contributed by atoms with Gasteiger partial charge in [0.15, 0.2) is 0 Å². The lowest BCUT2D eigenvalue weighted by atomic mass is 10.1. The summed E-state index contributed by atoms with van der Waals surface area (Å²) in [5, 5.41) is 9.82. The van der Waals surface area contributed by atoms with Crippen LogP contribution in [0, 0.1) is 5.82 Å². The van der Waals surface area contributed by atoms with Gasteiger partial charge in [0.25, 0.3) is 5.91 Å². The third-order valence-electron chi connectivity index (χ3n) is 3.81. The van der Waals surface area contributed by atoms with Gasteiger partial charge in [0.2, 0.25) is 0 Å². The van der Waals surface area contributed by atoms with Gasteiger partial charge in [-0.2, -0.15) is 0 Å². The van der Waals surface area contributed by atoms with E-state index in [0.717, 1.165) is 30.5 Å². The van der Waals surface area contributed by atoms with Gasteiger partial charge < -0.3 is 10.0 Å². The molecule has 0 atom stereocenters. The standard InChI is InChI=1S/C17H16FNO2/c18-13-8-5-10-15(20)16(13)17(21)19-11-4-3-7-12-6-1-2-9-14(12)19/h1-2,5-6,8-10,20H,3-4,7,11H2. The van der Waals surface area contributed by atoms with Crippen LogP contribution in [0.5, 0.6) is 5.75 Å². The second kappa shape index (κ2) is 5.56. The maximum atomic E-state index is 13.9. The molecule has 0 saturated carbocycles. The average Bonchev–Trinajstić information content (AvgIpc) is 2.69. The van der Waals surface area contributed by atoms with Crippen molar-refractivity contribution in [3.63, 3.8) is 0 Å². The van der Waals surface area contributed by atoms with E-state index in [1.54, 1.807) is 4.90 Å². The molecule has 0 spiro atoms. The summed E-state index contributed by atoms with van der Waals surface area (Å²) in [6.07, 6.45) is 2.75. The Morgan fingerprint density at radius 2 is 1.90 bits per heavy atom. The molecule has 0 radical (unpaired) electrons. The Morgan fingerprint density at radius 1 is 1.10 bits per heavy atom. The van der Waals surface area contributed by atoms with Crippen molar-refractivity contribution in [2.75, 3.05) is 11.4 Å². The highest BCUT2D eigenvalue weighted by molar-refractivity contribution is 6.08. The number of benzene rings is 2. The van der Waals surface area contributed by atoms with Gasteiger partial charge in [-0.25, -0.2) is 4.39 Å². The van der Waals surface area contributed by atoms with Crippen molar-refractivity contribution in [2.45, 2.75) is 19.3 Å². The summed E-state index contributed by atoms with van der Waals surface area (Å²) < 4.78 is 13.9. The zero-order valence-electron chi connectivity index (χ0n) is 11.6. The van der Waals surface area contributed by atoms with Crippen molar-refractivity contribution in [3.8, 4) is 5.75 Å². The zero-order chi connectivity index (χ0) is 14.8. The number of halogens is 1. The number of aromatic hydroxyl groups is 1. The van der Waals surface area contributed by atoms with Gasteiger partial charge in [0.1, 0.15) is 17.1 Å². The number of nitrogens with zero attached hydrogens (tertiary/aromatic N) is 1. The lowest BCUT2D eigenvalue weighted by Gasteiger charge is -2.23. The van der Waals surface area contributed by atoms with E-state index < -0.39 is 11.7 Å². The largest absolute Gasteiger partial charge is 0.507 e. The van der Waals surface area contributed by atoms with Crippen molar-refractivity contribution >= 4 is 11.6 Å². The normalized spacial score (nSPS) is 14.4. The molecular formula is C17H16FNO2. The van der Waals surface area contributed by atoms with Crippen LogP contribution in [0.15, 0.2) is 42.5 Å². The summed E-state index contributed by atoms with van der Waals surface area (Å²) in [4.78, 5) is 14.3. The Bertz CT molecular complexity index is 664. The number of anilines is 1. The number of carbonyl (C=O) groups excluding carboxylic acids is 1. The molecule has 1 aliphatic rings. The molecule has 1 N–H and O–H groups in total. The Balaban J connectivity index is 2.06. The fourth-order valence-electron chi connectivity index (χ4n) is 2.76. The predicted molar refractivity (Wildman–Crippen MR) is 79.1 cm³/mol. The van der Waals surface area contributed by atoms with Crippen molar-refractivity contribution in [2.24, 2.45) is 0 Å². The molecule has 1 heterocycles. The molecule has 3 nitrogen and oxygen atoms in total. The number of hydrogen-bond donors (Lipinski definition) is 1. The Kier molecular flexibility index (Phi) is 3.60. The number of rotatable bonds is 1. The number of fused-ring (bicyclic) bond motifs is 1. The molecule has 0 saturated heterocycles. The molecule has 21 heavy (non-hydrogen) atoms. The molecule has 2 aromatic rings. The van der Waals surface area contributed by atoms with Crippen LogP contribution in [-0.4, -0.2) is 17.6 Å². The fourth-order valence-corrected chi connectivity index (χ4v) is 2.76. The molecular weight excluding hydrogens is 269 g/mol. The Morgan fingerprint density at radius 3 is 2.71 bits per heavy atom. The monoisotopic (exact) mass is 285 g/mol. The summed E-state index contributed by atoms with van der Waals surface area (Å²) in [5.41, 5.74) is 1.64. The first kappa shape index (κ1) is 13.6. The van der Waals surface area contributed by atoms with Gasteiger partial charge >= 0.3 is 0 Å². The first-order valence-electron chi connectivity index (χ1n) is 7.06. The minimum absolute atomic E-state index is 0.255. The highest BCUT2D eigenvalue weighted by atomic mass is 19.1. The topological polar surface area (TPSA) is 40.5 Å². The number of phenolic OH excluding ortho intramolecular Hbond substituents is 1. The van der Waals surface area contributed by atoms with Gasteiger partial charge in [-0.3, -0.25) is 4.79 Å². The van der Waals surface area contributed by atoms with Crippen LogP contribution in [0.3, 0.4) is 0 Å². The Labute approximate surface area is 122 Å². The van der Waals surface area contributed by atoms with Crippen LogP contribution in [0.2, 0.25) is 0 Å². The zero-order valence-corrected chi connectivity index (χ0v) is 11.6. The molecule has 0 aromatic heterocycles. The van der Waals surface area contributed by atoms with Crippen LogP contribution in [-0.2, 0) is 6.42 Å². The average molecular weight is 285 g/mol. The minimum atomic E-state index is -0.693. The van der Waals surface area contributed by atoms with Crippen LogP contribution >= 0.6 is 0 Å². The number of phenols is 1. The number of aryl methyl sites for hydroxylation is 1. The molecule has 0 bridgehead atoms. The highest BCUT2D eigenvalue weighted by Crippen LogP contribution is 2.30. The lowest BCUT2D eigenvalue weighted by molar-refractivity contribution is 0.0980. The molecule has 0 fully saturated rings. The quantitative estimate of drug-likeness (QED) is 0.871. The van der Waals surface area contributed by atoms with E-state index >= 15 is 0 Å². The highest BCUT2D eigenvalue weighted by Gasteiger charge is 2.26. The van der Waals surface area contributed by atoms with Crippen LogP contribution < -0.4 is 4.90 Å². The summed E-state index contributed by atoms with van der Waals surface area (Å²) in [6.45, 7) is 0.531. The van der Waals surface area contributed by atoms with Gasteiger partial charge in [-0.05, 0) is 43.0 Å². The first-order valence-corrected chi connectivity index (χ1v) is 7.06. The van der Waals surface area contributed by atoms with E-state index in [9.17, 15) is 14.3 Å². The van der Waals surface area contributed by atoms with E-state index in [4.69, 9.17) is 0 Å². The maximum absolute atomic E-state index is 13.9. The SMILES string of the molecule is O=C(c1c(O)cccc1F)N1CCCCc2ccccc21. The van der Waals surface area contributed by atoms with Crippen molar-refractivity contribution in [1.29, 1.82) is 0 Å². The van der Waals surface area contributed by atoms with Crippen LogP contribution in [0.25, 0.3) is 0 Å². The van der Waals surface area contributed by atoms with E-state index in [2.05, 4.69) is 0 Å². The first-order chi connectivity index (χ1) is 10.2. The third kappa shape index (κ3) is 2.49. The van der Waals surface area contributed by atoms with Gasteiger partial charge in [0, 0.05) is 12.2 Å². The Hall–Kier alpha value is -2.36. The smallest absolute Gasteiger partial charge is 0.265 e. The van der Waals surface area contributed by atoms with Crippen LogP contribution in [0.1, 0.15) is 28.8 Å². The van der Waals surface area contributed by atoms with Crippen LogP contribution in [0.4, 0.5) is 10.1 Å². The summed E-state index contributed by atoms with van der Waals surface area (Å²) in [7, 11) is 0. The molecule has 1 aliphatic heterocycles. The summed E-state index contributed by atoms with van der Waals surface area (Å²) >= 11 is 0. The summed E-state index contributed by atoms with van der Waals surface area (Å²) in [5.74, 6) is -1.50. The van der Waals surface area contributed by atoms with Crippen molar-refractivity contribution < 1.29 is 14.3 Å². The second-order valence-corrected chi connectivity index (χ2v) is 5.18. The molecule has 3 rings (SSSR count). The maximum Gasteiger partial charge on any atom is 0.265 e. The number of carbonyl (C=O) groups is 1. The minimum Gasteiger partial charge on any atom is -0.507 e. The molecule has 2 aromatic carbocycles. The molecule has 4 heteroatoms. The fraction of sp³-hybridized carbons (Fsp3) is 0.235. The molecule has 0 aliphatic carbocycles. The predicted octanol–water partition coefficient (Wildman–Crippen LogP) is 3.51.